The van der Waals surface area contributed by atoms with Crippen molar-refractivity contribution in [3.05, 3.63) is 29.3 Å². The summed E-state index contributed by atoms with van der Waals surface area (Å²) in [4.78, 5) is 19.0. The molecule has 0 spiro atoms. The molecule has 26 heavy (non-hydrogen) atoms. The summed E-state index contributed by atoms with van der Waals surface area (Å²) in [6.07, 6.45) is 1.56. The van der Waals surface area contributed by atoms with Gasteiger partial charge in [-0.3, -0.25) is 4.99 Å². The monoisotopic (exact) mass is 398 g/mol. The van der Waals surface area contributed by atoms with Crippen LogP contribution in [-0.4, -0.2) is 62.0 Å². The fourth-order valence-electron chi connectivity index (χ4n) is 2.68. The van der Waals surface area contributed by atoms with Crippen molar-refractivity contribution < 1.29 is 9.53 Å². The van der Waals surface area contributed by atoms with Crippen molar-refractivity contribution in [2.45, 2.75) is 30.7 Å². The molecule has 1 aliphatic heterocycles. The zero-order valence-corrected chi connectivity index (χ0v) is 16.9. The zero-order valence-electron chi connectivity index (χ0n) is 15.3. The third-order valence-corrected chi connectivity index (χ3v) is 5.33. The number of hydrogen-bond acceptors (Lipinski definition) is 4. The second-order valence-corrected chi connectivity index (χ2v) is 7.51. The van der Waals surface area contributed by atoms with Gasteiger partial charge in [0.15, 0.2) is 5.96 Å². The van der Waals surface area contributed by atoms with Crippen LogP contribution in [0.3, 0.4) is 0 Å². The molecular weight excluding hydrogens is 372 g/mol. The molecule has 0 atom stereocenters. The maximum atomic E-state index is 11.7. The van der Waals surface area contributed by atoms with Crippen LogP contribution in [0.5, 0.6) is 0 Å². The number of carbonyl (C=O) groups is 1. The largest absolute Gasteiger partial charge is 0.450 e. The standard InChI is InChI=1S/C18H27ClN4O2S/c1-3-25-18(24)23-11-8-15(9-12-23)22-17(20-2)21-10-13-26-16-6-4-14(19)5-7-16/h4-7,15H,3,8-13H2,1-2H3,(H2,20,21,22). The molecule has 144 valence electrons. The molecule has 1 aliphatic rings. The third-order valence-electron chi connectivity index (χ3n) is 4.06. The van der Waals surface area contributed by atoms with E-state index in [0.717, 1.165) is 36.1 Å². The highest BCUT2D eigenvalue weighted by Gasteiger charge is 2.23. The van der Waals surface area contributed by atoms with Gasteiger partial charge in [0.1, 0.15) is 0 Å². The minimum Gasteiger partial charge on any atom is -0.450 e. The number of rotatable bonds is 6. The van der Waals surface area contributed by atoms with E-state index in [0.29, 0.717) is 25.7 Å². The van der Waals surface area contributed by atoms with E-state index in [1.165, 1.54) is 4.90 Å². The molecule has 0 unspecified atom stereocenters. The molecule has 0 aliphatic carbocycles. The highest BCUT2D eigenvalue weighted by Crippen LogP contribution is 2.19. The Kier molecular flexibility index (Phi) is 8.91. The average Bonchev–Trinajstić information content (AvgIpc) is 2.66. The Morgan fingerprint density at radius 1 is 1.35 bits per heavy atom. The molecule has 0 aromatic heterocycles. The number of likely N-dealkylation sites (tertiary alicyclic amines) is 1. The van der Waals surface area contributed by atoms with E-state index in [-0.39, 0.29) is 6.09 Å². The quantitative estimate of drug-likeness (QED) is 0.333. The van der Waals surface area contributed by atoms with Gasteiger partial charge in [-0.1, -0.05) is 11.6 Å². The van der Waals surface area contributed by atoms with Gasteiger partial charge in [-0.25, -0.2) is 4.79 Å². The van der Waals surface area contributed by atoms with Crippen LogP contribution in [0.4, 0.5) is 4.79 Å². The Balaban J connectivity index is 1.65. The Bertz CT molecular complexity index is 589. The first-order valence-electron chi connectivity index (χ1n) is 8.89. The lowest BCUT2D eigenvalue weighted by atomic mass is 10.1. The first-order chi connectivity index (χ1) is 12.6. The summed E-state index contributed by atoms with van der Waals surface area (Å²) >= 11 is 7.67. The molecule has 1 aromatic carbocycles. The van der Waals surface area contributed by atoms with Crippen LogP contribution in [0.25, 0.3) is 0 Å². The Labute approximate surface area is 164 Å². The summed E-state index contributed by atoms with van der Waals surface area (Å²) in [6, 6.07) is 8.17. The van der Waals surface area contributed by atoms with Gasteiger partial charge < -0.3 is 20.3 Å². The van der Waals surface area contributed by atoms with Crippen molar-refractivity contribution in [2.24, 2.45) is 4.99 Å². The van der Waals surface area contributed by atoms with E-state index in [1.807, 2.05) is 31.2 Å². The SMILES string of the molecule is CCOC(=O)N1CCC(NC(=NC)NCCSc2ccc(Cl)cc2)CC1. The van der Waals surface area contributed by atoms with Gasteiger partial charge in [-0.2, -0.15) is 0 Å². The molecule has 1 aromatic rings. The van der Waals surface area contributed by atoms with Gasteiger partial charge in [0, 0.05) is 48.4 Å². The number of guanidine groups is 1. The van der Waals surface area contributed by atoms with Crippen molar-refractivity contribution in [3.8, 4) is 0 Å². The van der Waals surface area contributed by atoms with Crippen LogP contribution in [0.15, 0.2) is 34.2 Å². The predicted octanol–water partition coefficient (Wildman–Crippen LogP) is 3.22. The molecule has 1 amide bonds. The number of hydrogen-bond donors (Lipinski definition) is 2. The molecule has 2 rings (SSSR count). The summed E-state index contributed by atoms with van der Waals surface area (Å²) in [5.41, 5.74) is 0. The van der Waals surface area contributed by atoms with Gasteiger partial charge in [-0.15, -0.1) is 11.8 Å². The number of amides is 1. The summed E-state index contributed by atoms with van der Waals surface area (Å²) in [6.45, 7) is 4.48. The van der Waals surface area contributed by atoms with E-state index in [2.05, 4.69) is 15.6 Å². The lowest BCUT2D eigenvalue weighted by Gasteiger charge is -2.32. The van der Waals surface area contributed by atoms with Gasteiger partial charge in [0.05, 0.1) is 6.61 Å². The number of ether oxygens (including phenoxy) is 1. The van der Waals surface area contributed by atoms with Crippen molar-refractivity contribution >= 4 is 35.4 Å². The van der Waals surface area contributed by atoms with E-state index in [4.69, 9.17) is 16.3 Å². The summed E-state index contributed by atoms with van der Waals surface area (Å²) < 4.78 is 5.05. The Morgan fingerprint density at radius 2 is 2.04 bits per heavy atom. The molecular formula is C18H27ClN4O2S. The minimum atomic E-state index is -0.215. The van der Waals surface area contributed by atoms with Crippen molar-refractivity contribution in [1.82, 2.24) is 15.5 Å². The lowest BCUT2D eigenvalue weighted by Crippen LogP contribution is -2.50. The summed E-state index contributed by atoms with van der Waals surface area (Å²) in [5.74, 6) is 1.74. The molecule has 0 radical (unpaired) electrons. The van der Waals surface area contributed by atoms with E-state index in [1.54, 1.807) is 23.7 Å². The smallest absolute Gasteiger partial charge is 0.409 e. The molecule has 0 bridgehead atoms. The normalized spacial score (nSPS) is 15.7. The van der Waals surface area contributed by atoms with Gasteiger partial charge in [-0.05, 0) is 44.0 Å². The Morgan fingerprint density at radius 3 is 2.65 bits per heavy atom. The van der Waals surface area contributed by atoms with Crippen LogP contribution >= 0.6 is 23.4 Å². The van der Waals surface area contributed by atoms with Crippen molar-refractivity contribution in [3.63, 3.8) is 0 Å². The fourth-order valence-corrected chi connectivity index (χ4v) is 3.57. The van der Waals surface area contributed by atoms with E-state index < -0.39 is 0 Å². The molecule has 0 saturated carbocycles. The van der Waals surface area contributed by atoms with Gasteiger partial charge in [0.25, 0.3) is 0 Å². The summed E-state index contributed by atoms with van der Waals surface area (Å²) in [5, 5.41) is 7.53. The molecule has 1 fully saturated rings. The van der Waals surface area contributed by atoms with Crippen LogP contribution in [0, 0.1) is 0 Å². The van der Waals surface area contributed by atoms with E-state index in [9.17, 15) is 4.79 Å². The first-order valence-corrected chi connectivity index (χ1v) is 10.3. The maximum absolute atomic E-state index is 11.7. The average molecular weight is 399 g/mol. The minimum absolute atomic E-state index is 0.215. The van der Waals surface area contributed by atoms with Gasteiger partial charge >= 0.3 is 6.09 Å². The molecule has 1 heterocycles. The van der Waals surface area contributed by atoms with E-state index >= 15 is 0 Å². The number of thioether (sulfide) groups is 1. The fraction of sp³-hybridized carbons (Fsp3) is 0.556. The number of nitrogens with one attached hydrogen (secondary N) is 2. The topological polar surface area (TPSA) is 66.0 Å². The molecule has 2 N–H and O–H groups in total. The van der Waals surface area contributed by atoms with Crippen LogP contribution in [0.2, 0.25) is 5.02 Å². The highest BCUT2D eigenvalue weighted by atomic mass is 35.5. The number of carbonyl (C=O) groups excluding carboxylic acids is 1. The molecule has 8 heteroatoms. The van der Waals surface area contributed by atoms with Crippen LogP contribution in [-0.2, 0) is 4.74 Å². The first kappa shape index (κ1) is 20.7. The number of nitrogens with zero attached hydrogens (tertiary/aromatic N) is 2. The summed E-state index contributed by atoms with van der Waals surface area (Å²) in [7, 11) is 1.77. The number of aliphatic imine (C=N–C) groups is 1. The zero-order chi connectivity index (χ0) is 18.8. The van der Waals surface area contributed by atoms with Crippen LogP contribution in [0.1, 0.15) is 19.8 Å². The number of piperidine rings is 1. The van der Waals surface area contributed by atoms with Crippen molar-refractivity contribution in [2.75, 3.05) is 39.0 Å². The van der Waals surface area contributed by atoms with Gasteiger partial charge in [0.2, 0.25) is 0 Å². The maximum Gasteiger partial charge on any atom is 0.409 e. The highest BCUT2D eigenvalue weighted by molar-refractivity contribution is 7.99. The molecule has 6 nitrogen and oxygen atoms in total. The third kappa shape index (κ3) is 6.96. The second kappa shape index (κ2) is 11.2. The Hall–Kier alpha value is -1.60. The predicted molar refractivity (Wildman–Crippen MR) is 108 cm³/mol. The molecule has 1 saturated heterocycles. The second-order valence-electron chi connectivity index (χ2n) is 5.91. The van der Waals surface area contributed by atoms with Crippen molar-refractivity contribution in [1.29, 1.82) is 0 Å². The number of benzene rings is 1. The number of halogens is 1. The lowest BCUT2D eigenvalue weighted by molar-refractivity contribution is 0.0963. The van der Waals surface area contributed by atoms with Crippen LogP contribution < -0.4 is 10.6 Å².